The van der Waals surface area contributed by atoms with E-state index in [4.69, 9.17) is 46.9 Å². The molecule has 1 unspecified atom stereocenters. The van der Waals surface area contributed by atoms with Crippen molar-refractivity contribution in [2.75, 3.05) is 56.3 Å². The van der Waals surface area contributed by atoms with Crippen molar-refractivity contribution in [1.82, 2.24) is 19.9 Å². The molecule has 0 amide bonds. The van der Waals surface area contributed by atoms with Crippen LogP contribution in [0.25, 0.3) is 22.2 Å². The van der Waals surface area contributed by atoms with Crippen molar-refractivity contribution in [3.8, 4) is 40.0 Å². The van der Waals surface area contributed by atoms with Crippen LogP contribution in [-0.4, -0.2) is 61.5 Å². The maximum absolute atomic E-state index is 17.9. The highest BCUT2D eigenvalue weighted by Gasteiger charge is 2.41. The molecule has 75 heavy (non-hydrogen) atoms. The van der Waals surface area contributed by atoms with Gasteiger partial charge in [0.15, 0.2) is 11.6 Å². The number of nitrogens with zero attached hydrogens (tertiary/aromatic N) is 7. The molecular formula is C56H50Cl2F5N7O5. The maximum Gasteiger partial charge on any atom is 0.418 e. The second-order valence-corrected chi connectivity index (χ2v) is 18.5. The number of halogens is 7. The highest BCUT2D eigenvalue weighted by molar-refractivity contribution is 6.37. The van der Waals surface area contributed by atoms with Crippen molar-refractivity contribution in [3.05, 3.63) is 176 Å². The van der Waals surface area contributed by atoms with Crippen molar-refractivity contribution in [2.45, 2.75) is 52.2 Å². The van der Waals surface area contributed by atoms with Crippen molar-refractivity contribution in [1.29, 1.82) is 0 Å². The summed E-state index contributed by atoms with van der Waals surface area (Å²) in [4.78, 5) is 23.7. The fourth-order valence-electron chi connectivity index (χ4n) is 9.28. The lowest BCUT2D eigenvalue weighted by molar-refractivity contribution is -0.137. The summed E-state index contributed by atoms with van der Waals surface area (Å²) in [6, 6.07) is 31.4. The fraction of sp³-hybridized carbons (Fsp3) is 0.250. The van der Waals surface area contributed by atoms with Gasteiger partial charge in [-0.05, 0) is 114 Å². The Hall–Kier alpha value is -7.63. The zero-order valence-corrected chi connectivity index (χ0v) is 43.1. The summed E-state index contributed by atoms with van der Waals surface area (Å²) in [5, 5.41) is -0.977. The minimum Gasteiger partial charge on any atom is -0.497 e. The second-order valence-electron chi connectivity index (χ2n) is 17.8. The molecule has 0 fully saturated rings. The largest absolute Gasteiger partial charge is 0.497 e. The molecule has 0 saturated carbocycles. The number of aromatic nitrogens is 4. The SMILES string of the molecule is COc1ccc(CN(Cc2ccc(OC)cc2)c2cc(C)c(C(F)(F)F)c(-c3c(Cl)c4c5c(nc(Cl)nc5c3F)N(C(C)c3cc(F)cnc3N(Cc3ccc(OC)cc3)Cc3ccc(OC)cc3)CCO4)n2)cc1. The summed E-state index contributed by atoms with van der Waals surface area (Å²) in [5.41, 5.74) is 0.401. The topological polar surface area (TPSA) is 107 Å². The predicted octanol–water partition coefficient (Wildman–Crippen LogP) is 13.4. The van der Waals surface area contributed by atoms with Gasteiger partial charge in [-0.15, -0.1) is 0 Å². The molecule has 0 spiro atoms. The number of aryl methyl sites for hydroxylation is 1. The van der Waals surface area contributed by atoms with Gasteiger partial charge in [0.05, 0.1) is 74.5 Å². The molecule has 0 saturated heterocycles. The van der Waals surface area contributed by atoms with Crippen LogP contribution in [-0.2, 0) is 32.4 Å². The van der Waals surface area contributed by atoms with Crippen molar-refractivity contribution in [2.24, 2.45) is 0 Å². The van der Waals surface area contributed by atoms with Crippen molar-refractivity contribution < 1.29 is 45.6 Å². The molecule has 1 aliphatic heterocycles. The summed E-state index contributed by atoms with van der Waals surface area (Å²) in [7, 11) is 6.25. The summed E-state index contributed by atoms with van der Waals surface area (Å²) in [6.45, 7) is 4.04. The first-order valence-corrected chi connectivity index (χ1v) is 24.4. The standard InChI is InChI=1S/C56H50Cl2F5N7O5/c1-32-25-44(68(28-34-7-15-39(71-3)16-8-34)29-35-9-17-40(72-4)18-10-35)65-50(47(32)56(61,62)63)45-48(57)52-46-51(49(45)60)66-55(58)67-54(46)70(23-24-75-52)33(2)43-26-38(59)27-64-53(43)69(30-36-11-19-41(73-5)20-12-36)31-37-13-21-42(74-6)22-14-37/h7-22,25-27,33H,23-24,28-31H2,1-6H3. The van der Waals surface area contributed by atoms with Crippen molar-refractivity contribution in [3.63, 3.8) is 0 Å². The van der Waals surface area contributed by atoms with Crippen LogP contribution in [0.15, 0.2) is 115 Å². The van der Waals surface area contributed by atoms with Gasteiger partial charge in [0, 0.05) is 31.7 Å². The highest BCUT2D eigenvalue weighted by Crippen LogP contribution is 2.51. The Morgan fingerprint density at radius 1 is 0.680 bits per heavy atom. The van der Waals surface area contributed by atoms with Crippen LogP contribution in [0.4, 0.5) is 39.4 Å². The van der Waals surface area contributed by atoms with Gasteiger partial charge < -0.3 is 38.4 Å². The summed E-state index contributed by atoms with van der Waals surface area (Å²) < 4.78 is 108. The molecule has 0 N–H and O–H groups in total. The highest BCUT2D eigenvalue weighted by atomic mass is 35.5. The van der Waals surface area contributed by atoms with E-state index in [9.17, 15) is 0 Å². The van der Waals surface area contributed by atoms with Gasteiger partial charge in [0.25, 0.3) is 0 Å². The lowest BCUT2D eigenvalue weighted by atomic mass is 9.98. The van der Waals surface area contributed by atoms with Crippen LogP contribution in [0.5, 0.6) is 28.7 Å². The van der Waals surface area contributed by atoms with Gasteiger partial charge in [-0.1, -0.05) is 60.1 Å². The zero-order valence-electron chi connectivity index (χ0n) is 41.6. The molecule has 3 aromatic heterocycles. The molecule has 19 heteroatoms. The van der Waals surface area contributed by atoms with E-state index >= 15 is 22.0 Å². The molecule has 1 atom stereocenters. The summed E-state index contributed by atoms with van der Waals surface area (Å²) in [5.74, 6) is 1.08. The average molecular weight is 1070 g/mol. The summed E-state index contributed by atoms with van der Waals surface area (Å²) >= 11 is 13.9. The quantitative estimate of drug-likeness (QED) is 0.0640. The maximum atomic E-state index is 17.9. The molecule has 0 aliphatic carbocycles. The monoisotopic (exact) mass is 1070 g/mol. The van der Waals surface area contributed by atoms with Gasteiger partial charge in [-0.25, -0.2) is 23.7 Å². The Morgan fingerprint density at radius 2 is 1.16 bits per heavy atom. The lowest BCUT2D eigenvalue weighted by Crippen LogP contribution is -2.33. The number of rotatable bonds is 17. The van der Waals surface area contributed by atoms with Crippen LogP contribution < -0.4 is 38.4 Å². The molecule has 8 aromatic rings. The van der Waals surface area contributed by atoms with E-state index in [1.54, 1.807) is 69.4 Å². The van der Waals surface area contributed by atoms with E-state index < -0.39 is 56.5 Å². The minimum atomic E-state index is -5.03. The second kappa shape index (κ2) is 22.1. The Balaban J connectivity index is 1.17. The third-order valence-corrected chi connectivity index (χ3v) is 13.6. The average Bonchev–Trinajstić information content (AvgIpc) is 3.60. The van der Waals surface area contributed by atoms with E-state index in [2.05, 4.69) is 19.9 Å². The number of ether oxygens (including phenoxy) is 5. The number of anilines is 3. The Morgan fingerprint density at radius 3 is 1.63 bits per heavy atom. The van der Waals surface area contributed by atoms with Gasteiger partial charge in [-0.2, -0.15) is 18.2 Å². The molecule has 9 rings (SSSR count). The molecule has 0 radical (unpaired) electrons. The molecular weight excluding hydrogens is 1020 g/mol. The van der Waals surface area contributed by atoms with E-state index in [0.717, 1.165) is 28.5 Å². The normalized spacial score (nSPS) is 12.7. The van der Waals surface area contributed by atoms with E-state index in [-0.39, 0.29) is 54.6 Å². The molecule has 0 bridgehead atoms. The lowest BCUT2D eigenvalue weighted by Gasteiger charge is -2.33. The van der Waals surface area contributed by atoms with Crippen LogP contribution >= 0.6 is 23.2 Å². The van der Waals surface area contributed by atoms with Crippen molar-refractivity contribution >= 4 is 51.6 Å². The van der Waals surface area contributed by atoms with Gasteiger partial charge in [0.2, 0.25) is 5.28 Å². The summed E-state index contributed by atoms with van der Waals surface area (Å²) in [6.07, 6.45) is -3.90. The number of pyridine rings is 2. The van der Waals surface area contributed by atoms with E-state index in [1.807, 2.05) is 77.7 Å². The Kier molecular flexibility index (Phi) is 15.4. The number of benzene rings is 5. The molecule has 5 aromatic carbocycles. The van der Waals surface area contributed by atoms with Crippen LogP contribution in [0.1, 0.15) is 51.9 Å². The third kappa shape index (κ3) is 11.1. The molecule has 1 aliphatic rings. The van der Waals surface area contributed by atoms with Crippen LogP contribution in [0.2, 0.25) is 10.3 Å². The number of methoxy groups -OCH3 is 4. The molecule has 388 valence electrons. The zero-order chi connectivity index (χ0) is 53.1. The first-order valence-electron chi connectivity index (χ1n) is 23.6. The van der Waals surface area contributed by atoms with Crippen LogP contribution in [0.3, 0.4) is 0 Å². The fourth-order valence-corrected chi connectivity index (χ4v) is 9.77. The predicted molar refractivity (Wildman–Crippen MR) is 280 cm³/mol. The van der Waals surface area contributed by atoms with E-state index in [0.29, 0.717) is 47.5 Å². The molecule has 4 heterocycles. The third-order valence-electron chi connectivity index (χ3n) is 13.0. The number of hydrogen-bond donors (Lipinski definition) is 0. The first-order chi connectivity index (χ1) is 36.1. The number of alkyl halides is 3. The first kappa shape index (κ1) is 52.2. The minimum absolute atomic E-state index is 0.0449. The Bertz CT molecular complexity index is 3240. The van der Waals surface area contributed by atoms with Gasteiger partial charge in [-0.3, -0.25) is 0 Å². The smallest absolute Gasteiger partial charge is 0.418 e. The van der Waals surface area contributed by atoms with Gasteiger partial charge >= 0.3 is 6.18 Å². The van der Waals surface area contributed by atoms with E-state index in [1.165, 1.54) is 19.1 Å². The van der Waals surface area contributed by atoms with Gasteiger partial charge in [0.1, 0.15) is 58.4 Å². The molecule has 12 nitrogen and oxygen atoms in total. The van der Waals surface area contributed by atoms with Crippen LogP contribution in [0, 0.1) is 18.6 Å². The number of hydrogen-bond acceptors (Lipinski definition) is 12. The Labute approximate surface area is 440 Å².